The Morgan fingerprint density at radius 3 is 2.32 bits per heavy atom. The maximum Gasteiger partial charge on any atom is 0.322 e. The highest BCUT2D eigenvalue weighted by molar-refractivity contribution is 7.76. The maximum atomic E-state index is 10.9. The number of rotatable bonds is 3. The van der Waals surface area contributed by atoms with E-state index in [2.05, 4.69) is 32.8 Å². The second kappa shape index (κ2) is 11.6. The van der Waals surface area contributed by atoms with Crippen LogP contribution < -0.4 is 11.1 Å². The van der Waals surface area contributed by atoms with Crippen LogP contribution in [0.4, 0.5) is 0 Å². The lowest BCUT2D eigenvalue weighted by Gasteiger charge is -2.56. The molecule has 0 radical (unpaired) electrons. The number of nitrogens with two attached hydrogens (primary N) is 1. The van der Waals surface area contributed by atoms with Crippen LogP contribution >= 0.6 is 7.26 Å². The molecule has 0 bridgehead atoms. The van der Waals surface area contributed by atoms with Gasteiger partial charge in [-0.3, -0.25) is 9.59 Å². The number of aliphatic carboxylic acids is 1. The summed E-state index contributed by atoms with van der Waals surface area (Å²) < 4.78 is 0. The minimum absolute atomic E-state index is 0.389. The summed E-state index contributed by atoms with van der Waals surface area (Å²) in [4.78, 5) is 20.8. The number of carboxylic acids is 1. The van der Waals surface area contributed by atoms with Crippen LogP contribution in [0.1, 0.15) is 99.8 Å². The van der Waals surface area contributed by atoms with Crippen molar-refractivity contribution in [1.82, 2.24) is 5.32 Å². The third kappa shape index (κ3) is 6.17. The third-order valence-electron chi connectivity index (χ3n) is 10.1. The molecule has 0 spiro atoms. The Kier molecular flexibility index (Phi) is 10.1. The van der Waals surface area contributed by atoms with Gasteiger partial charge in [0.25, 0.3) is 0 Å². The molecule has 4 rings (SSSR count). The fourth-order valence-corrected chi connectivity index (χ4v) is 13.5. The molecule has 2 aliphatic heterocycles. The van der Waals surface area contributed by atoms with Crippen LogP contribution in [0.3, 0.4) is 0 Å². The molecule has 2 saturated carbocycles. The predicted octanol–water partition coefficient (Wildman–Crippen LogP) is 6.01. The summed E-state index contributed by atoms with van der Waals surface area (Å²) in [6.45, 7) is 17.2. The van der Waals surface area contributed by atoms with Crippen molar-refractivity contribution in [3.8, 4) is 0 Å². The van der Waals surface area contributed by atoms with Crippen LogP contribution in [0.5, 0.6) is 0 Å². The number of carbonyl (C=O) groups is 2. The van der Waals surface area contributed by atoms with Crippen LogP contribution in [-0.4, -0.2) is 53.2 Å². The number of hydrogen-bond donors (Lipinski definition) is 3. The predicted molar refractivity (Wildman–Crippen MR) is 146 cm³/mol. The van der Waals surface area contributed by atoms with E-state index in [1.807, 2.05) is 13.8 Å². The first-order valence-corrected chi connectivity index (χ1v) is 16.5. The van der Waals surface area contributed by atoms with Gasteiger partial charge in [-0.15, -0.1) is 0 Å². The van der Waals surface area contributed by atoms with Crippen molar-refractivity contribution in [2.75, 3.05) is 19.4 Å². The molecule has 198 valence electrons. The van der Waals surface area contributed by atoms with E-state index < -0.39 is 24.7 Å². The number of amides is 1. The summed E-state index contributed by atoms with van der Waals surface area (Å²) in [5, 5.41) is 10.3. The van der Waals surface area contributed by atoms with Crippen LogP contribution in [0.15, 0.2) is 0 Å². The van der Waals surface area contributed by atoms with Gasteiger partial charge in [0, 0.05) is 13.9 Å². The van der Waals surface area contributed by atoms with Crippen molar-refractivity contribution in [2.24, 2.45) is 34.8 Å². The minimum Gasteiger partial charge on any atom is -0.480 e. The van der Waals surface area contributed by atoms with Crippen LogP contribution in [0.2, 0.25) is 0 Å². The monoisotopic (exact) mass is 497 g/mol. The van der Waals surface area contributed by atoms with Crippen LogP contribution in [0.25, 0.3) is 0 Å². The first-order chi connectivity index (χ1) is 15.8. The molecule has 1 amide bonds. The van der Waals surface area contributed by atoms with Crippen molar-refractivity contribution >= 4 is 19.1 Å². The summed E-state index contributed by atoms with van der Waals surface area (Å²) >= 11 is 0. The Labute approximate surface area is 210 Å². The molecular formula is C28H54N2O3P+. The van der Waals surface area contributed by atoms with Gasteiger partial charge in [-0.1, -0.05) is 34.6 Å². The van der Waals surface area contributed by atoms with Crippen molar-refractivity contribution in [2.45, 2.75) is 117 Å². The molecule has 2 aliphatic carbocycles. The Morgan fingerprint density at radius 2 is 1.74 bits per heavy atom. The van der Waals surface area contributed by atoms with E-state index in [-0.39, 0.29) is 6.54 Å². The largest absolute Gasteiger partial charge is 0.480 e. The fourth-order valence-electron chi connectivity index (χ4n) is 7.78. The standard InChI is InChI=1S/C20H36P.C6H12N2O3.C2H6/c1-14-10-12-21(4)16(13-14)6-7-17-18-8-5-15(2)20(18,3)11-9-19(17)21;1-6(2,7)5(11)8-3-4(9)10;1-2/h14-19H,5-13H2,1-4H3;3,7H2,1-2H3,(H,8,11)(H,9,10);1-2H3/q+1;;. The lowest BCUT2D eigenvalue weighted by atomic mass is 9.60. The van der Waals surface area contributed by atoms with Crippen molar-refractivity contribution < 1.29 is 14.7 Å². The molecular weight excluding hydrogens is 443 g/mol. The average Bonchev–Trinajstić information content (AvgIpc) is 3.08. The summed E-state index contributed by atoms with van der Waals surface area (Å²) in [6.07, 6.45) is 14.3. The van der Waals surface area contributed by atoms with Gasteiger partial charge in [0.15, 0.2) is 0 Å². The third-order valence-corrected chi connectivity index (χ3v) is 15.6. The molecule has 4 fully saturated rings. The molecule has 6 heteroatoms. The zero-order valence-electron chi connectivity index (χ0n) is 23.3. The first kappa shape index (κ1) is 29.6. The SMILES string of the molecule is CC.CC(C)(N)C(=O)NCC(=O)O.CC1CC[P+]2(C)C(CCC3C4CCC(C)C4(C)CCC32)C1. The Morgan fingerprint density at radius 1 is 1.09 bits per heavy atom. The van der Waals surface area contributed by atoms with Gasteiger partial charge in [0.1, 0.15) is 6.54 Å². The first-order valence-electron chi connectivity index (χ1n) is 13.9. The maximum absolute atomic E-state index is 10.9. The number of carboxylic acid groups (broad SMARTS) is 1. The molecule has 0 aromatic rings. The normalized spacial score (nSPS) is 40.7. The average molecular weight is 498 g/mol. The second-order valence-electron chi connectivity index (χ2n) is 12.6. The fraction of sp³-hybridized carbons (Fsp3) is 0.929. The van der Waals surface area contributed by atoms with E-state index in [1.54, 1.807) is 51.1 Å². The molecule has 8 atom stereocenters. The molecule has 5 nitrogen and oxygen atoms in total. The molecule has 34 heavy (non-hydrogen) atoms. The van der Waals surface area contributed by atoms with Gasteiger partial charge in [-0.05, 0) is 94.3 Å². The highest BCUT2D eigenvalue weighted by Gasteiger charge is 2.63. The Balaban J connectivity index is 0.000000270. The van der Waals surface area contributed by atoms with Crippen molar-refractivity contribution in [3.05, 3.63) is 0 Å². The van der Waals surface area contributed by atoms with E-state index in [0.29, 0.717) is 0 Å². The highest BCUT2D eigenvalue weighted by Crippen LogP contribution is 2.78. The lowest BCUT2D eigenvalue weighted by molar-refractivity contribution is -0.138. The summed E-state index contributed by atoms with van der Waals surface area (Å²) in [6, 6.07) is 0. The van der Waals surface area contributed by atoms with E-state index in [4.69, 9.17) is 10.8 Å². The van der Waals surface area contributed by atoms with E-state index in [1.165, 1.54) is 31.6 Å². The van der Waals surface area contributed by atoms with Gasteiger partial charge >= 0.3 is 5.97 Å². The lowest BCUT2D eigenvalue weighted by Crippen LogP contribution is -2.50. The summed E-state index contributed by atoms with van der Waals surface area (Å²) in [7, 11) is -0.635. The van der Waals surface area contributed by atoms with Crippen molar-refractivity contribution in [1.29, 1.82) is 0 Å². The Bertz CT molecular complexity index is 708. The zero-order valence-corrected chi connectivity index (χ0v) is 24.2. The van der Waals surface area contributed by atoms with Gasteiger partial charge in [0.05, 0.1) is 23.0 Å². The number of hydrogen-bond acceptors (Lipinski definition) is 3. The topological polar surface area (TPSA) is 92.4 Å². The van der Waals surface area contributed by atoms with E-state index >= 15 is 0 Å². The summed E-state index contributed by atoms with van der Waals surface area (Å²) in [5.74, 6) is 2.71. The highest BCUT2D eigenvalue weighted by atomic mass is 31.2. The minimum atomic E-state index is -1.08. The molecule has 2 heterocycles. The molecule has 4 N–H and O–H groups in total. The smallest absolute Gasteiger partial charge is 0.322 e. The molecule has 0 aromatic heterocycles. The second-order valence-corrected chi connectivity index (χ2v) is 17.1. The number of carbonyl (C=O) groups excluding carboxylic acids is 1. The van der Waals surface area contributed by atoms with E-state index in [0.717, 1.165) is 29.1 Å². The molecule has 2 saturated heterocycles. The van der Waals surface area contributed by atoms with Gasteiger partial charge in [-0.2, -0.15) is 0 Å². The summed E-state index contributed by atoms with van der Waals surface area (Å²) in [5.41, 5.74) is 7.42. The van der Waals surface area contributed by atoms with Crippen molar-refractivity contribution in [3.63, 3.8) is 0 Å². The van der Waals surface area contributed by atoms with Crippen LogP contribution in [0, 0.1) is 29.1 Å². The zero-order chi connectivity index (χ0) is 25.9. The molecule has 0 aromatic carbocycles. The van der Waals surface area contributed by atoms with Gasteiger partial charge in [-0.25, -0.2) is 0 Å². The van der Waals surface area contributed by atoms with E-state index in [9.17, 15) is 9.59 Å². The number of nitrogens with one attached hydrogen (secondary N) is 1. The molecule has 4 aliphatic rings. The quantitative estimate of drug-likeness (QED) is 0.417. The van der Waals surface area contributed by atoms with Crippen LogP contribution in [-0.2, 0) is 9.59 Å². The van der Waals surface area contributed by atoms with Gasteiger partial charge in [0.2, 0.25) is 5.91 Å². The number of fused-ring (bicyclic) bond motifs is 5. The Hall–Kier alpha value is -0.670. The molecule has 8 unspecified atom stereocenters. The van der Waals surface area contributed by atoms with Gasteiger partial charge < -0.3 is 16.2 Å².